The highest BCUT2D eigenvalue weighted by Gasteiger charge is 2.20. The Hall–Kier alpha value is -1.02. The maximum Gasteiger partial charge on any atom is 0.119 e. The Bertz CT molecular complexity index is 427. The molecule has 1 N–H and O–H groups in total. The van der Waals surface area contributed by atoms with Gasteiger partial charge >= 0.3 is 0 Å². The van der Waals surface area contributed by atoms with E-state index in [0.29, 0.717) is 12.1 Å². The van der Waals surface area contributed by atoms with Gasteiger partial charge in [0.2, 0.25) is 0 Å². The fourth-order valence-corrected chi connectivity index (χ4v) is 3.07. The van der Waals surface area contributed by atoms with Gasteiger partial charge < -0.3 is 10.1 Å². The highest BCUT2D eigenvalue weighted by Crippen LogP contribution is 2.26. The molecule has 1 aromatic carbocycles. The number of nitrogens with one attached hydrogen (secondary N) is 1. The highest BCUT2D eigenvalue weighted by molar-refractivity contribution is 5.37. The molecule has 0 radical (unpaired) electrons. The van der Waals surface area contributed by atoms with Crippen molar-refractivity contribution in [2.75, 3.05) is 7.11 Å². The molecule has 1 aliphatic rings. The quantitative estimate of drug-likeness (QED) is 0.848. The summed E-state index contributed by atoms with van der Waals surface area (Å²) in [7, 11) is 1.74. The predicted octanol–water partition coefficient (Wildman–Crippen LogP) is 3.97. The van der Waals surface area contributed by atoms with Gasteiger partial charge in [0.1, 0.15) is 5.75 Å². The molecule has 1 aromatic rings. The molecule has 1 aliphatic carbocycles. The van der Waals surface area contributed by atoms with Crippen LogP contribution in [0.2, 0.25) is 0 Å². The molecule has 0 amide bonds. The Labute approximate surface area is 123 Å². The van der Waals surface area contributed by atoms with Gasteiger partial charge in [-0.3, -0.25) is 0 Å². The third-order valence-corrected chi connectivity index (χ3v) is 4.34. The van der Waals surface area contributed by atoms with Gasteiger partial charge in [-0.25, -0.2) is 0 Å². The number of rotatable bonds is 6. The molecule has 0 heterocycles. The Morgan fingerprint density at radius 1 is 1.20 bits per heavy atom. The first-order valence-electron chi connectivity index (χ1n) is 8.00. The van der Waals surface area contributed by atoms with Gasteiger partial charge in [0.25, 0.3) is 0 Å². The fourth-order valence-electron chi connectivity index (χ4n) is 3.07. The number of benzene rings is 1. The SMILES string of the molecule is COc1ccc2c(c1)CC(NC(C)CCC(C)C)CC2. The second-order valence-electron chi connectivity index (χ2n) is 6.61. The van der Waals surface area contributed by atoms with E-state index < -0.39 is 0 Å². The van der Waals surface area contributed by atoms with Crippen LogP contribution in [-0.4, -0.2) is 19.2 Å². The van der Waals surface area contributed by atoms with Gasteiger partial charge in [0.15, 0.2) is 0 Å². The number of ether oxygens (including phenoxy) is 1. The summed E-state index contributed by atoms with van der Waals surface area (Å²) in [6, 6.07) is 7.76. The zero-order valence-electron chi connectivity index (χ0n) is 13.4. The molecule has 2 nitrogen and oxygen atoms in total. The molecular formula is C18H29NO. The molecule has 0 saturated carbocycles. The maximum absolute atomic E-state index is 5.34. The van der Waals surface area contributed by atoms with Gasteiger partial charge in [0.05, 0.1) is 7.11 Å². The van der Waals surface area contributed by atoms with E-state index in [0.717, 1.165) is 18.1 Å². The van der Waals surface area contributed by atoms with Crippen LogP contribution in [0.1, 0.15) is 51.2 Å². The number of fused-ring (bicyclic) bond motifs is 1. The van der Waals surface area contributed by atoms with Crippen LogP contribution in [0.25, 0.3) is 0 Å². The van der Waals surface area contributed by atoms with Crippen molar-refractivity contribution in [1.29, 1.82) is 0 Å². The molecule has 0 fully saturated rings. The van der Waals surface area contributed by atoms with Crippen molar-refractivity contribution >= 4 is 0 Å². The molecule has 20 heavy (non-hydrogen) atoms. The Kier molecular flexibility index (Phi) is 5.47. The van der Waals surface area contributed by atoms with Gasteiger partial charge in [-0.2, -0.15) is 0 Å². The lowest BCUT2D eigenvalue weighted by atomic mass is 9.87. The lowest BCUT2D eigenvalue weighted by Crippen LogP contribution is -2.40. The molecule has 0 spiro atoms. The topological polar surface area (TPSA) is 21.3 Å². The summed E-state index contributed by atoms with van der Waals surface area (Å²) in [6.07, 6.45) is 6.17. The van der Waals surface area contributed by atoms with Gasteiger partial charge in [-0.1, -0.05) is 19.9 Å². The summed E-state index contributed by atoms with van der Waals surface area (Å²) in [6.45, 7) is 6.93. The summed E-state index contributed by atoms with van der Waals surface area (Å²) in [5.41, 5.74) is 2.96. The van der Waals surface area contributed by atoms with Crippen LogP contribution in [0.15, 0.2) is 18.2 Å². The minimum absolute atomic E-state index is 0.620. The Morgan fingerprint density at radius 3 is 2.70 bits per heavy atom. The summed E-state index contributed by atoms with van der Waals surface area (Å²) < 4.78 is 5.34. The van der Waals surface area contributed by atoms with Gasteiger partial charge in [0, 0.05) is 12.1 Å². The van der Waals surface area contributed by atoms with Gasteiger partial charge in [-0.15, -0.1) is 0 Å². The molecule has 0 aromatic heterocycles. The summed E-state index contributed by atoms with van der Waals surface area (Å²) in [5, 5.41) is 3.81. The first kappa shape index (κ1) is 15.4. The molecule has 2 unspecified atom stereocenters. The fraction of sp³-hybridized carbons (Fsp3) is 0.667. The standard InChI is InChI=1S/C18H29NO/c1-13(2)5-6-14(3)19-17-9-7-15-8-10-18(20-4)12-16(15)11-17/h8,10,12-14,17,19H,5-7,9,11H2,1-4H3. The van der Waals surface area contributed by atoms with Crippen LogP contribution in [0.4, 0.5) is 0 Å². The van der Waals surface area contributed by atoms with Crippen molar-refractivity contribution in [2.24, 2.45) is 5.92 Å². The lowest BCUT2D eigenvalue weighted by molar-refractivity contribution is 0.372. The van der Waals surface area contributed by atoms with E-state index in [-0.39, 0.29) is 0 Å². The van der Waals surface area contributed by atoms with Crippen molar-refractivity contribution in [1.82, 2.24) is 5.32 Å². The molecule has 0 aliphatic heterocycles. The second-order valence-corrected chi connectivity index (χ2v) is 6.61. The maximum atomic E-state index is 5.34. The minimum atomic E-state index is 0.620. The number of hydrogen-bond acceptors (Lipinski definition) is 2. The zero-order valence-corrected chi connectivity index (χ0v) is 13.4. The smallest absolute Gasteiger partial charge is 0.119 e. The first-order chi connectivity index (χ1) is 9.58. The molecule has 2 heteroatoms. The van der Waals surface area contributed by atoms with E-state index in [1.54, 1.807) is 7.11 Å². The summed E-state index contributed by atoms with van der Waals surface area (Å²) >= 11 is 0. The average Bonchev–Trinajstić information content (AvgIpc) is 2.44. The third-order valence-electron chi connectivity index (χ3n) is 4.34. The number of methoxy groups -OCH3 is 1. The van der Waals surface area contributed by atoms with Crippen LogP contribution < -0.4 is 10.1 Å². The normalized spacial score (nSPS) is 19.8. The summed E-state index contributed by atoms with van der Waals surface area (Å²) in [4.78, 5) is 0. The first-order valence-corrected chi connectivity index (χ1v) is 8.00. The van der Waals surface area contributed by atoms with Gasteiger partial charge in [-0.05, 0) is 68.2 Å². The second kappa shape index (κ2) is 7.12. The van der Waals surface area contributed by atoms with E-state index >= 15 is 0 Å². The minimum Gasteiger partial charge on any atom is -0.497 e. The monoisotopic (exact) mass is 275 g/mol. The molecule has 2 rings (SSSR count). The molecule has 2 atom stereocenters. The van der Waals surface area contributed by atoms with Crippen LogP contribution in [0, 0.1) is 5.92 Å². The third kappa shape index (κ3) is 4.24. The number of hydrogen-bond donors (Lipinski definition) is 1. The van der Waals surface area contributed by atoms with E-state index in [1.165, 1.54) is 36.8 Å². The summed E-state index contributed by atoms with van der Waals surface area (Å²) in [5.74, 6) is 1.79. The Morgan fingerprint density at radius 2 is 2.00 bits per heavy atom. The van der Waals surface area contributed by atoms with E-state index in [1.807, 2.05) is 0 Å². The Balaban J connectivity index is 1.90. The molecule has 0 saturated heterocycles. The molecule has 112 valence electrons. The van der Waals surface area contributed by atoms with E-state index in [4.69, 9.17) is 4.74 Å². The van der Waals surface area contributed by atoms with Crippen molar-refractivity contribution in [3.63, 3.8) is 0 Å². The van der Waals surface area contributed by atoms with E-state index in [9.17, 15) is 0 Å². The van der Waals surface area contributed by atoms with Crippen molar-refractivity contribution in [3.8, 4) is 5.75 Å². The largest absolute Gasteiger partial charge is 0.497 e. The van der Waals surface area contributed by atoms with Crippen LogP contribution in [0.3, 0.4) is 0 Å². The molecule has 0 bridgehead atoms. The lowest BCUT2D eigenvalue weighted by Gasteiger charge is -2.29. The van der Waals surface area contributed by atoms with Crippen molar-refractivity contribution < 1.29 is 4.74 Å². The highest BCUT2D eigenvalue weighted by atomic mass is 16.5. The average molecular weight is 275 g/mol. The van der Waals surface area contributed by atoms with E-state index in [2.05, 4.69) is 44.3 Å². The molecular weight excluding hydrogens is 246 g/mol. The van der Waals surface area contributed by atoms with Crippen molar-refractivity contribution in [2.45, 2.75) is 65.0 Å². The van der Waals surface area contributed by atoms with Crippen LogP contribution in [-0.2, 0) is 12.8 Å². The number of aryl methyl sites for hydroxylation is 1. The van der Waals surface area contributed by atoms with Crippen LogP contribution >= 0.6 is 0 Å². The van der Waals surface area contributed by atoms with Crippen LogP contribution in [0.5, 0.6) is 5.75 Å². The zero-order chi connectivity index (χ0) is 14.5. The predicted molar refractivity (Wildman–Crippen MR) is 85.5 cm³/mol. The van der Waals surface area contributed by atoms with Crippen molar-refractivity contribution in [3.05, 3.63) is 29.3 Å².